The summed E-state index contributed by atoms with van der Waals surface area (Å²) in [5, 5.41) is 12.3. The zero-order valence-electron chi connectivity index (χ0n) is 10.5. The number of hydrogen-bond acceptors (Lipinski definition) is 2. The van der Waals surface area contributed by atoms with Crippen LogP contribution in [0.4, 0.5) is 13.2 Å². The zero-order chi connectivity index (χ0) is 13.1. The first-order valence-corrected chi connectivity index (χ1v) is 6.15. The van der Waals surface area contributed by atoms with Crippen molar-refractivity contribution >= 4 is 0 Å². The molecule has 1 aliphatic carbocycles. The SMILES string of the molecule is CC(C)(CO)CNC1CCC(C(F)(F)F)CC1. The third kappa shape index (κ3) is 4.84. The summed E-state index contributed by atoms with van der Waals surface area (Å²) in [6.07, 6.45) is -2.44. The molecule has 2 nitrogen and oxygen atoms in total. The number of nitrogens with one attached hydrogen (secondary N) is 1. The number of rotatable bonds is 4. The van der Waals surface area contributed by atoms with Crippen LogP contribution in [0.2, 0.25) is 0 Å². The van der Waals surface area contributed by atoms with Gasteiger partial charge in [0.1, 0.15) is 0 Å². The predicted molar refractivity (Wildman–Crippen MR) is 60.7 cm³/mol. The fourth-order valence-corrected chi connectivity index (χ4v) is 2.10. The van der Waals surface area contributed by atoms with E-state index >= 15 is 0 Å². The Kier molecular flexibility index (Phi) is 4.84. The van der Waals surface area contributed by atoms with Crippen LogP contribution in [0.25, 0.3) is 0 Å². The molecule has 0 amide bonds. The van der Waals surface area contributed by atoms with Gasteiger partial charge in [0.05, 0.1) is 5.92 Å². The van der Waals surface area contributed by atoms with Crippen LogP contribution in [-0.2, 0) is 0 Å². The van der Waals surface area contributed by atoms with Crippen molar-refractivity contribution in [3.05, 3.63) is 0 Å². The van der Waals surface area contributed by atoms with Gasteiger partial charge in [0.25, 0.3) is 0 Å². The van der Waals surface area contributed by atoms with Crippen molar-refractivity contribution < 1.29 is 18.3 Å². The first-order chi connectivity index (χ1) is 7.74. The lowest BCUT2D eigenvalue weighted by Gasteiger charge is -2.32. The maximum atomic E-state index is 12.4. The molecular weight excluding hydrogens is 231 g/mol. The second-order valence-corrected chi connectivity index (χ2v) is 5.79. The first-order valence-electron chi connectivity index (χ1n) is 6.15. The van der Waals surface area contributed by atoms with E-state index in [0.717, 1.165) is 0 Å². The van der Waals surface area contributed by atoms with Crippen molar-refractivity contribution in [1.82, 2.24) is 5.32 Å². The number of hydrogen-bond donors (Lipinski definition) is 2. The molecule has 0 bridgehead atoms. The molecule has 0 aliphatic heterocycles. The summed E-state index contributed by atoms with van der Waals surface area (Å²) < 4.78 is 37.3. The molecule has 0 saturated heterocycles. The van der Waals surface area contributed by atoms with Gasteiger partial charge in [-0.1, -0.05) is 13.8 Å². The van der Waals surface area contributed by atoms with E-state index in [1.165, 1.54) is 0 Å². The normalized spacial score (nSPS) is 27.2. The molecule has 0 atom stereocenters. The van der Waals surface area contributed by atoms with Gasteiger partial charge in [-0.25, -0.2) is 0 Å². The van der Waals surface area contributed by atoms with E-state index in [-0.39, 0.29) is 30.9 Å². The summed E-state index contributed by atoms with van der Waals surface area (Å²) in [5.41, 5.74) is -0.207. The van der Waals surface area contributed by atoms with E-state index in [0.29, 0.717) is 19.4 Å². The topological polar surface area (TPSA) is 32.3 Å². The second kappa shape index (κ2) is 5.57. The van der Waals surface area contributed by atoms with Gasteiger partial charge in [-0.2, -0.15) is 13.2 Å². The zero-order valence-corrected chi connectivity index (χ0v) is 10.5. The van der Waals surface area contributed by atoms with Crippen LogP contribution in [0.5, 0.6) is 0 Å². The molecule has 0 radical (unpaired) electrons. The van der Waals surface area contributed by atoms with Crippen molar-refractivity contribution in [3.8, 4) is 0 Å². The minimum absolute atomic E-state index is 0.0812. The maximum absolute atomic E-state index is 12.4. The van der Waals surface area contributed by atoms with Crippen molar-refractivity contribution in [3.63, 3.8) is 0 Å². The highest BCUT2D eigenvalue weighted by Gasteiger charge is 2.41. The van der Waals surface area contributed by atoms with Gasteiger partial charge in [0.15, 0.2) is 0 Å². The Morgan fingerprint density at radius 3 is 2.06 bits per heavy atom. The quantitative estimate of drug-likeness (QED) is 0.807. The summed E-state index contributed by atoms with van der Waals surface area (Å²) in [4.78, 5) is 0. The molecule has 1 aliphatic rings. The minimum atomic E-state index is -4.03. The molecule has 5 heteroatoms. The summed E-state index contributed by atoms with van der Waals surface area (Å²) in [5.74, 6) is -1.12. The average molecular weight is 253 g/mol. The molecule has 0 aromatic carbocycles. The Hall–Kier alpha value is -0.290. The van der Waals surface area contributed by atoms with Crippen LogP contribution in [-0.4, -0.2) is 30.5 Å². The minimum Gasteiger partial charge on any atom is -0.396 e. The molecule has 1 saturated carbocycles. The molecule has 2 N–H and O–H groups in total. The number of halogens is 3. The van der Waals surface area contributed by atoms with Crippen molar-refractivity contribution in [2.24, 2.45) is 11.3 Å². The molecule has 17 heavy (non-hydrogen) atoms. The summed E-state index contributed by atoms with van der Waals surface area (Å²) in [6, 6.07) is 0.166. The van der Waals surface area contributed by atoms with E-state index in [2.05, 4.69) is 5.32 Å². The van der Waals surface area contributed by atoms with E-state index in [1.807, 2.05) is 13.8 Å². The van der Waals surface area contributed by atoms with Gasteiger partial charge in [-0.3, -0.25) is 0 Å². The van der Waals surface area contributed by atoms with Crippen molar-refractivity contribution in [2.45, 2.75) is 51.7 Å². The molecule has 1 rings (SSSR count). The fraction of sp³-hybridized carbons (Fsp3) is 1.00. The Labute approximate surface area is 101 Å². The molecule has 0 aromatic rings. The van der Waals surface area contributed by atoms with Gasteiger partial charge in [-0.15, -0.1) is 0 Å². The van der Waals surface area contributed by atoms with Crippen LogP contribution in [0, 0.1) is 11.3 Å². The largest absolute Gasteiger partial charge is 0.396 e. The Morgan fingerprint density at radius 2 is 1.65 bits per heavy atom. The fourth-order valence-electron chi connectivity index (χ4n) is 2.10. The lowest BCUT2D eigenvalue weighted by atomic mass is 9.85. The van der Waals surface area contributed by atoms with E-state index in [1.54, 1.807) is 0 Å². The summed E-state index contributed by atoms with van der Waals surface area (Å²) in [7, 11) is 0. The lowest BCUT2D eigenvalue weighted by molar-refractivity contribution is -0.182. The molecule has 1 fully saturated rings. The van der Waals surface area contributed by atoms with E-state index < -0.39 is 12.1 Å². The second-order valence-electron chi connectivity index (χ2n) is 5.79. The van der Waals surface area contributed by atoms with Crippen LogP contribution in [0.3, 0.4) is 0 Å². The van der Waals surface area contributed by atoms with Gasteiger partial charge < -0.3 is 10.4 Å². The standard InChI is InChI=1S/C12H22F3NO/c1-11(2,8-17)7-16-10-5-3-9(4-6-10)12(13,14)15/h9-10,16-17H,3-8H2,1-2H3. The number of aliphatic hydroxyl groups excluding tert-OH is 1. The highest BCUT2D eigenvalue weighted by molar-refractivity contribution is 4.82. The number of alkyl halides is 3. The Morgan fingerprint density at radius 1 is 1.12 bits per heavy atom. The maximum Gasteiger partial charge on any atom is 0.391 e. The lowest BCUT2D eigenvalue weighted by Crippen LogP contribution is -2.42. The number of aliphatic hydroxyl groups is 1. The monoisotopic (exact) mass is 253 g/mol. The van der Waals surface area contributed by atoms with Crippen LogP contribution < -0.4 is 5.32 Å². The van der Waals surface area contributed by atoms with Gasteiger partial charge in [0.2, 0.25) is 0 Å². The predicted octanol–water partition coefficient (Wildman–Crippen LogP) is 2.72. The highest BCUT2D eigenvalue weighted by Crippen LogP contribution is 2.37. The average Bonchev–Trinajstić information content (AvgIpc) is 2.26. The molecule has 0 heterocycles. The van der Waals surface area contributed by atoms with Gasteiger partial charge in [0, 0.05) is 24.6 Å². The smallest absolute Gasteiger partial charge is 0.391 e. The third-order valence-corrected chi connectivity index (χ3v) is 3.49. The molecular formula is C12H22F3NO. The van der Waals surface area contributed by atoms with Crippen LogP contribution in [0.1, 0.15) is 39.5 Å². The van der Waals surface area contributed by atoms with Crippen LogP contribution in [0.15, 0.2) is 0 Å². The molecule has 0 aromatic heterocycles. The molecule has 0 unspecified atom stereocenters. The summed E-state index contributed by atoms with van der Waals surface area (Å²) >= 11 is 0. The van der Waals surface area contributed by atoms with Gasteiger partial charge in [-0.05, 0) is 25.7 Å². The van der Waals surface area contributed by atoms with Crippen molar-refractivity contribution in [2.75, 3.05) is 13.2 Å². The van der Waals surface area contributed by atoms with Crippen molar-refractivity contribution in [1.29, 1.82) is 0 Å². The molecule has 102 valence electrons. The van der Waals surface area contributed by atoms with Crippen LogP contribution >= 0.6 is 0 Å². The van der Waals surface area contributed by atoms with Gasteiger partial charge >= 0.3 is 6.18 Å². The highest BCUT2D eigenvalue weighted by atomic mass is 19.4. The van der Waals surface area contributed by atoms with E-state index in [4.69, 9.17) is 5.11 Å². The third-order valence-electron chi connectivity index (χ3n) is 3.49. The first kappa shape index (κ1) is 14.8. The Balaban J connectivity index is 2.29. The molecule has 0 spiro atoms. The summed E-state index contributed by atoms with van der Waals surface area (Å²) in [6.45, 7) is 4.59. The Bertz CT molecular complexity index is 232. The van der Waals surface area contributed by atoms with E-state index in [9.17, 15) is 13.2 Å².